The third-order valence-electron chi connectivity index (χ3n) is 3.66. The highest BCUT2D eigenvalue weighted by Crippen LogP contribution is 2.27. The van der Waals surface area contributed by atoms with E-state index in [1.165, 1.54) is 26.2 Å². The highest BCUT2D eigenvalue weighted by molar-refractivity contribution is 5.99. The minimum atomic E-state index is -0.407. The van der Waals surface area contributed by atoms with Crippen molar-refractivity contribution in [3.8, 4) is 17.2 Å². The van der Waals surface area contributed by atoms with E-state index in [2.05, 4.69) is 4.74 Å². The Hall–Kier alpha value is -3.28. The van der Waals surface area contributed by atoms with Crippen molar-refractivity contribution in [1.82, 2.24) is 0 Å². The zero-order valence-electron chi connectivity index (χ0n) is 15.3. The summed E-state index contributed by atoms with van der Waals surface area (Å²) in [5.74, 6) is 0.324. The molecule has 0 atom stereocenters. The van der Waals surface area contributed by atoms with Crippen molar-refractivity contribution in [3.05, 3.63) is 59.7 Å². The number of ketones is 1. The number of hydrogen-bond donors (Lipinski definition) is 1. The lowest BCUT2D eigenvalue weighted by atomic mass is 10.1. The van der Waals surface area contributed by atoms with Crippen LogP contribution >= 0.6 is 0 Å². The summed E-state index contributed by atoms with van der Waals surface area (Å²) in [6.07, 6.45) is 3.62. The van der Waals surface area contributed by atoms with Crippen LogP contribution in [-0.2, 0) is 9.53 Å². The number of phenolic OH excluding ortho intramolecular Hbond substituents is 1. The molecule has 0 spiro atoms. The maximum absolute atomic E-state index is 11.6. The van der Waals surface area contributed by atoms with E-state index < -0.39 is 5.97 Å². The number of carbonyl (C=O) groups is 2. The summed E-state index contributed by atoms with van der Waals surface area (Å²) in [5, 5.41) is 9.76. The first-order valence-corrected chi connectivity index (χ1v) is 8.46. The molecule has 6 nitrogen and oxygen atoms in total. The lowest BCUT2D eigenvalue weighted by molar-refractivity contribution is -0.134. The van der Waals surface area contributed by atoms with Crippen molar-refractivity contribution in [2.24, 2.45) is 0 Å². The quantitative estimate of drug-likeness (QED) is 0.314. The molecule has 2 rings (SSSR count). The van der Waals surface area contributed by atoms with Gasteiger partial charge in [-0.05, 0) is 42.8 Å². The number of carbonyl (C=O) groups excluding carboxylic acids is 2. The highest BCUT2D eigenvalue weighted by atomic mass is 16.5. The van der Waals surface area contributed by atoms with Gasteiger partial charge in [-0.2, -0.15) is 0 Å². The van der Waals surface area contributed by atoms with Gasteiger partial charge >= 0.3 is 5.97 Å². The zero-order chi connectivity index (χ0) is 19.6. The second-order valence-corrected chi connectivity index (χ2v) is 5.68. The molecule has 0 aliphatic rings. The van der Waals surface area contributed by atoms with E-state index in [1.54, 1.807) is 30.3 Å². The Kier molecular flexibility index (Phi) is 7.43. The molecular formula is C21H22O6. The Morgan fingerprint density at radius 2 is 1.74 bits per heavy atom. The van der Waals surface area contributed by atoms with Crippen molar-refractivity contribution in [2.75, 3.05) is 20.3 Å². The average Bonchev–Trinajstić information content (AvgIpc) is 2.66. The van der Waals surface area contributed by atoms with Gasteiger partial charge in [0.2, 0.25) is 0 Å². The van der Waals surface area contributed by atoms with E-state index in [0.717, 1.165) is 5.56 Å². The van der Waals surface area contributed by atoms with Gasteiger partial charge < -0.3 is 19.3 Å². The fraction of sp³-hybridized carbons (Fsp3) is 0.238. The Morgan fingerprint density at radius 1 is 1.04 bits per heavy atom. The summed E-state index contributed by atoms with van der Waals surface area (Å²) in [7, 11) is 1.33. The third-order valence-corrected chi connectivity index (χ3v) is 3.66. The predicted octanol–water partition coefficient (Wildman–Crippen LogP) is 3.63. The number of rotatable bonds is 9. The lowest BCUT2D eigenvalue weighted by Crippen LogP contribution is -2.07. The molecular weight excluding hydrogens is 348 g/mol. The van der Waals surface area contributed by atoms with E-state index in [4.69, 9.17) is 9.47 Å². The molecule has 0 aliphatic heterocycles. The smallest absolute Gasteiger partial charge is 0.330 e. The molecule has 2 aromatic carbocycles. The van der Waals surface area contributed by atoms with Crippen molar-refractivity contribution in [1.29, 1.82) is 0 Å². The summed E-state index contributed by atoms with van der Waals surface area (Å²) in [6, 6.07) is 12.0. The van der Waals surface area contributed by atoms with E-state index >= 15 is 0 Å². The van der Waals surface area contributed by atoms with Crippen LogP contribution in [0.4, 0.5) is 0 Å². The standard InChI is InChI=1S/C21H22O6/c1-15(22)21-18(23)5-3-6-19(21)27-14-4-13-26-17-10-7-16(8-11-17)9-12-20(24)25-2/h3,5-12,23H,4,13-14H2,1-2H3. The largest absolute Gasteiger partial charge is 0.507 e. The van der Waals surface area contributed by atoms with Gasteiger partial charge in [0.05, 0.1) is 20.3 Å². The first-order chi connectivity index (χ1) is 13.0. The molecule has 0 aromatic heterocycles. The molecule has 0 unspecified atom stereocenters. The molecule has 1 N–H and O–H groups in total. The molecule has 0 aliphatic carbocycles. The molecule has 0 saturated carbocycles. The molecule has 27 heavy (non-hydrogen) atoms. The molecule has 6 heteroatoms. The van der Waals surface area contributed by atoms with Crippen molar-refractivity contribution >= 4 is 17.8 Å². The Labute approximate surface area is 158 Å². The van der Waals surface area contributed by atoms with Crippen LogP contribution in [0.2, 0.25) is 0 Å². The summed E-state index contributed by atoms with van der Waals surface area (Å²) >= 11 is 0. The van der Waals surface area contributed by atoms with Crippen LogP contribution < -0.4 is 9.47 Å². The van der Waals surface area contributed by atoms with Gasteiger partial charge in [-0.3, -0.25) is 4.79 Å². The number of hydrogen-bond acceptors (Lipinski definition) is 6. The topological polar surface area (TPSA) is 82.1 Å². The minimum Gasteiger partial charge on any atom is -0.507 e. The molecule has 2 aromatic rings. The Balaban J connectivity index is 1.78. The first-order valence-electron chi connectivity index (χ1n) is 8.46. The van der Waals surface area contributed by atoms with Crippen LogP contribution in [0.15, 0.2) is 48.5 Å². The highest BCUT2D eigenvalue weighted by Gasteiger charge is 2.13. The van der Waals surface area contributed by atoms with Gasteiger partial charge in [0.25, 0.3) is 0 Å². The normalized spacial score (nSPS) is 10.6. The van der Waals surface area contributed by atoms with Gasteiger partial charge in [0.15, 0.2) is 5.78 Å². The summed E-state index contributed by atoms with van der Waals surface area (Å²) in [4.78, 5) is 22.7. The van der Waals surface area contributed by atoms with Crippen molar-refractivity contribution in [3.63, 3.8) is 0 Å². The number of esters is 1. The third kappa shape index (κ3) is 6.18. The number of benzene rings is 2. The second-order valence-electron chi connectivity index (χ2n) is 5.68. The van der Waals surface area contributed by atoms with Crippen LogP contribution in [0.5, 0.6) is 17.2 Å². The van der Waals surface area contributed by atoms with Gasteiger partial charge in [-0.15, -0.1) is 0 Å². The first kappa shape index (κ1) is 20.0. The summed E-state index contributed by atoms with van der Waals surface area (Å²) < 4.78 is 15.8. The molecule has 0 bridgehead atoms. The molecule has 142 valence electrons. The molecule has 0 heterocycles. The number of ether oxygens (including phenoxy) is 3. The van der Waals surface area contributed by atoms with Crippen molar-refractivity contribution in [2.45, 2.75) is 13.3 Å². The predicted molar refractivity (Wildman–Crippen MR) is 101 cm³/mol. The molecule has 0 radical (unpaired) electrons. The second kappa shape index (κ2) is 10.0. The number of methoxy groups -OCH3 is 1. The maximum Gasteiger partial charge on any atom is 0.330 e. The fourth-order valence-corrected chi connectivity index (χ4v) is 2.33. The molecule has 0 amide bonds. The number of aromatic hydroxyl groups is 1. The van der Waals surface area contributed by atoms with E-state index in [1.807, 2.05) is 12.1 Å². The van der Waals surface area contributed by atoms with E-state index in [-0.39, 0.29) is 17.1 Å². The average molecular weight is 370 g/mol. The Morgan fingerprint density at radius 3 is 2.41 bits per heavy atom. The van der Waals surface area contributed by atoms with Gasteiger partial charge in [-0.1, -0.05) is 18.2 Å². The minimum absolute atomic E-state index is 0.0856. The van der Waals surface area contributed by atoms with Gasteiger partial charge in [-0.25, -0.2) is 4.79 Å². The molecule has 0 fully saturated rings. The molecule has 0 saturated heterocycles. The van der Waals surface area contributed by atoms with Crippen LogP contribution in [-0.4, -0.2) is 37.2 Å². The summed E-state index contributed by atoms with van der Waals surface area (Å²) in [6.45, 7) is 2.17. The van der Waals surface area contributed by atoms with Crippen LogP contribution in [0.1, 0.15) is 29.3 Å². The number of phenols is 1. The number of Topliss-reactive ketones (excluding diaryl/α,β-unsaturated/α-hetero) is 1. The summed E-state index contributed by atoms with van der Waals surface area (Å²) in [5.41, 5.74) is 1.05. The van der Waals surface area contributed by atoms with Gasteiger partial charge in [0.1, 0.15) is 22.8 Å². The SMILES string of the molecule is COC(=O)C=Cc1ccc(OCCCOc2cccc(O)c2C(C)=O)cc1. The van der Waals surface area contributed by atoms with Crippen LogP contribution in [0.25, 0.3) is 6.08 Å². The zero-order valence-corrected chi connectivity index (χ0v) is 15.3. The van der Waals surface area contributed by atoms with E-state index in [0.29, 0.717) is 31.1 Å². The van der Waals surface area contributed by atoms with Crippen molar-refractivity contribution < 1.29 is 28.9 Å². The lowest BCUT2D eigenvalue weighted by Gasteiger charge is -2.11. The van der Waals surface area contributed by atoms with Crippen LogP contribution in [0, 0.1) is 0 Å². The van der Waals surface area contributed by atoms with Gasteiger partial charge in [0, 0.05) is 12.5 Å². The van der Waals surface area contributed by atoms with E-state index in [9.17, 15) is 14.7 Å². The van der Waals surface area contributed by atoms with Crippen LogP contribution in [0.3, 0.4) is 0 Å². The monoisotopic (exact) mass is 370 g/mol. The fourth-order valence-electron chi connectivity index (χ4n) is 2.33. The maximum atomic E-state index is 11.6. The Bertz CT molecular complexity index is 808.